The van der Waals surface area contributed by atoms with E-state index < -0.39 is 0 Å². The minimum absolute atomic E-state index is 0.0676. The van der Waals surface area contributed by atoms with E-state index in [2.05, 4.69) is 23.9 Å². The fourth-order valence-corrected chi connectivity index (χ4v) is 3.01. The zero-order chi connectivity index (χ0) is 14.0. The molecule has 5 heteroatoms. The van der Waals surface area contributed by atoms with Crippen LogP contribution in [0.5, 0.6) is 0 Å². The van der Waals surface area contributed by atoms with Gasteiger partial charge >= 0.3 is 0 Å². The average molecular weight is 286 g/mol. The van der Waals surface area contributed by atoms with Crippen LogP contribution in [0.1, 0.15) is 18.0 Å². The summed E-state index contributed by atoms with van der Waals surface area (Å²) < 4.78 is 13.1. The quantitative estimate of drug-likeness (QED) is 0.920. The molecule has 0 aromatic heterocycles. The fraction of sp³-hybridized carbons (Fsp3) is 0.571. The van der Waals surface area contributed by atoms with Crippen LogP contribution in [-0.2, 0) is 0 Å². The van der Waals surface area contributed by atoms with Crippen molar-refractivity contribution >= 4 is 11.6 Å². The van der Waals surface area contributed by atoms with Crippen molar-refractivity contribution in [3.05, 3.63) is 34.6 Å². The molecule has 106 valence electrons. The van der Waals surface area contributed by atoms with E-state index in [0.29, 0.717) is 17.6 Å². The van der Waals surface area contributed by atoms with Crippen LogP contribution >= 0.6 is 11.6 Å². The Labute approximate surface area is 119 Å². The lowest BCUT2D eigenvalue weighted by molar-refractivity contribution is 0.220. The Morgan fingerprint density at radius 3 is 2.79 bits per heavy atom. The topological polar surface area (TPSA) is 32.5 Å². The van der Waals surface area contributed by atoms with Gasteiger partial charge in [-0.25, -0.2) is 4.39 Å². The molecule has 3 nitrogen and oxygen atoms in total. The average Bonchev–Trinajstić information content (AvgIpc) is 2.82. The van der Waals surface area contributed by atoms with Crippen LogP contribution < -0.4 is 5.73 Å². The van der Waals surface area contributed by atoms with Crippen molar-refractivity contribution in [1.29, 1.82) is 0 Å². The minimum atomic E-state index is -0.308. The van der Waals surface area contributed by atoms with E-state index in [1.165, 1.54) is 12.1 Å². The minimum Gasteiger partial charge on any atom is -0.329 e. The summed E-state index contributed by atoms with van der Waals surface area (Å²) in [5.74, 6) is -0.308. The third-order valence-electron chi connectivity index (χ3n) is 3.91. The van der Waals surface area contributed by atoms with Crippen LogP contribution in [0.2, 0.25) is 5.02 Å². The first-order chi connectivity index (χ1) is 9.02. The maximum absolute atomic E-state index is 13.1. The van der Waals surface area contributed by atoms with E-state index >= 15 is 0 Å². The van der Waals surface area contributed by atoms with Gasteiger partial charge in [0.1, 0.15) is 5.82 Å². The molecule has 2 atom stereocenters. The van der Waals surface area contributed by atoms with Gasteiger partial charge in [-0.3, -0.25) is 4.90 Å². The molecule has 1 aromatic carbocycles. The summed E-state index contributed by atoms with van der Waals surface area (Å²) in [5, 5.41) is 0.462. The molecule has 0 bridgehead atoms. The maximum atomic E-state index is 13.1. The predicted molar refractivity (Wildman–Crippen MR) is 76.9 cm³/mol. The molecule has 19 heavy (non-hydrogen) atoms. The van der Waals surface area contributed by atoms with Gasteiger partial charge in [0.2, 0.25) is 0 Å². The number of hydrogen-bond donors (Lipinski definition) is 1. The van der Waals surface area contributed by atoms with Gasteiger partial charge in [0.05, 0.1) is 0 Å². The van der Waals surface area contributed by atoms with Crippen LogP contribution in [0, 0.1) is 5.82 Å². The molecule has 2 rings (SSSR count). The van der Waals surface area contributed by atoms with Crippen LogP contribution in [0.25, 0.3) is 0 Å². The largest absolute Gasteiger partial charge is 0.329 e. The Morgan fingerprint density at radius 1 is 1.53 bits per heavy atom. The Kier molecular flexibility index (Phi) is 4.79. The lowest BCUT2D eigenvalue weighted by Gasteiger charge is -2.28. The predicted octanol–water partition coefficient (Wildman–Crippen LogP) is 2.11. The second-order valence-corrected chi connectivity index (χ2v) is 5.73. The molecule has 1 heterocycles. The highest BCUT2D eigenvalue weighted by molar-refractivity contribution is 6.31. The van der Waals surface area contributed by atoms with Gasteiger partial charge in [0, 0.05) is 36.7 Å². The Bertz CT molecular complexity index is 439. The zero-order valence-corrected chi connectivity index (χ0v) is 12.2. The van der Waals surface area contributed by atoms with Gasteiger partial charge in [-0.05, 0) is 38.2 Å². The van der Waals surface area contributed by atoms with Gasteiger partial charge in [-0.1, -0.05) is 17.7 Å². The molecule has 1 aliphatic rings. The molecule has 2 N–H and O–H groups in total. The first-order valence-electron chi connectivity index (χ1n) is 6.58. The SMILES string of the molecule is CN(C)C1CCN(C(CN)c2ccc(F)cc2Cl)C1. The van der Waals surface area contributed by atoms with Crippen molar-refractivity contribution in [2.75, 3.05) is 33.7 Å². The lowest BCUT2D eigenvalue weighted by Crippen LogP contribution is -2.36. The number of hydrogen-bond acceptors (Lipinski definition) is 3. The number of rotatable bonds is 4. The van der Waals surface area contributed by atoms with Crippen LogP contribution in [-0.4, -0.2) is 49.6 Å². The molecule has 1 aromatic rings. The highest BCUT2D eigenvalue weighted by atomic mass is 35.5. The van der Waals surface area contributed by atoms with Crippen LogP contribution in [0.4, 0.5) is 4.39 Å². The number of nitrogens with zero attached hydrogens (tertiary/aromatic N) is 2. The summed E-state index contributed by atoms with van der Waals surface area (Å²) in [6, 6.07) is 5.17. The second kappa shape index (κ2) is 6.18. The Morgan fingerprint density at radius 2 is 2.26 bits per heavy atom. The molecular formula is C14H21ClFN3. The summed E-state index contributed by atoms with van der Waals surface area (Å²) in [4.78, 5) is 4.57. The molecule has 1 saturated heterocycles. The third-order valence-corrected chi connectivity index (χ3v) is 4.24. The van der Waals surface area contributed by atoms with E-state index in [9.17, 15) is 4.39 Å². The lowest BCUT2D eigenvalue weighted by atomic mass is 10.1. The third kappa shape index (κ3) is 3.26. The van der Waals surface area contributed by atoms with Crippen molar-refractivity contribution < 1.29 is 4.39 Å². The molecule has 0 aliphatic carbocycles. The molecule has 1 aliphatic heterocycles. The van der Waals surface area contributed by atoms with E-state index in [-0.39, 0.29) is 11.9 Å². The summed E-state index contributed by atoms with van der Waals surface area (Å²) in [5.41, 5.74) is 6.83. The van der Waals surface area contributed by atoms with Crippen molar-refractivity contribution in [2.24, 2.45) is 5.73 Å². The number of nitrogens with two attached hydrogens (primary N) is 1. The second-order valence-electron chi connectivity index (χ2n) is 5.32. The number of benzene rings is 1. The molecular weight excluding hydrogens is 265 g/mol. The summed E-state index contributed by atoms with van der Waals surface area (Å²) in [6.45, 7) is 2.46. The Hall–Kier alpha value is -0.680. The number of likely N-dealkylation sites (tertiary alicyclic amines) is 1. The van der Waals surface area contributed by atoms with Gasteiger partial charge < -0.3 is 10.6 Å². The summed E-state index contributed by atoms with van der Waals surface area (Å²) in [6.07, 6.45) is 1.13. The Balaban J connectivity index is 2.16. The van der Waals surface area contributed by atoms with Crippen molar-refractivity contribution in [1.82, 2.24) is 9.80 Å². The normalized spacial score (nSPS) is 22.1. The maximum Gasteiger partial charge on any atom is 0.124 e. The monoisotopic (exact) mass is 285 g/mol. The molecule has 0 amide bonds. The number of likely N-dealkylation sites (N-methyl/N-ethyl adjacent to an activating group) is 1. The van der Waals surface area contributed by atoms with Gasteiger partial charge in [-0.2, -0.15) is 0 Å². The number of halogens is 2. The molecule has 1 fully saturated rings. The van der Waals surface area contributed by atoms with Crippen molar-refractivity contribution in [3.63, 3.8) is 0 Å². The highest BCUT2D eigenvalue weighted by Gasteiger charge is 2.30. The smallest absolute Gasteiger partial charge is 0.124 e. The van der Waals surface area contributed by atoms with E-state index in [1.54, 1.807) is 6.07 Å². The van der Waals surface area contributed by atoms with E-state index in [1.807, 2.05) is 0 Å². The standard InChI is InChI=1S/C14H21ClFN3/c1-18(2)11-5-6-19(9-11)14(8-17)12-4-3-10(16)7-13(12)15/h3-4,7,11,14H,5-6,8-9,17H2,1-2H3. The van der Waals surface area contributed by atoms with Gasteiger partial charge in [-0.15, -0.1) is 0 Å². The summed E-state index contributed by atoms with van der Waals surface area (Å²) in [7, 11) is 4.19. The molecule has 0 spiro atoms. The zero-order valence-electron chi connectivity index (χ0n) is 11.4. The van der Waals surface area contributed by atoms with Crippen molar-refractivity contribution in [2.45, 2.75) is 18.5 Å². The van der Waals surface area contributed by atoms with Crippen LogP contribution in [0.3, 0.4) is 0 Å². The van der Waals surface area contributed by atoms with E-state index in [4.69, 9.17) is 17.3 Å². The molecule has 2 unspecified atom stereocenters. The molecule has 0 radical (unpaired) electrons. The van der Waals surface area contributed by atoms with Gasteiger partial charge in [0.15, 0.2) is 0 Å². The first kappa shape index (κ1) is 14.7. The van der Waals surface area contributed by atoms with E-state index in [0.717, 1.165) is 25.1 Å². The first-order valence-corrected chi connectivity index (χ1v) is 6.96. The molecule has 0 saturated carbocycles. The fourth-order valence-electron chi connectivity index (χ4n) is 2.72. The summed E-state index contributed by atoms with van der Waals surface area (Å²) >= 11 is 6.15. The van der Waals surface area contributed by atoms with Crippen molar-refractivity contribution in [3.8, 4) is 0 Å². The van der Waals surface area contributed by atoms with Crippen LogP contribution in [0.15, 0.2) is 18.2 Å². The van der Waals surface area contributed by atoms with Gasteiger partial charge in [0.25, 0.3) is 0 Å². The highest BCUT2D eigenvalue weighted by Crippen LogP contribution is 2.30.